The van der Waals surface area contributed by atoms with Gasteiger partial charge in [-0.1, -0.05) is 0 Å². The zero-order valence-electron chi connectivity index (χ0n) is 12.3. The van der Waals surface area contributed by atoms with Gasteiger partial charge in [-0.2, -0.15) is 0 Å². The smallest absolute Gasteiger partial charge is 0.125 e. The van der Waals surface area contributed by atoms with Crippen molar-refractivity contribution in [1.29, 1.82) is 0 Å². The minimum Gasteiger partial charge on any atom is -0.387 e. The fraction of sp³-hybridized carbons (Fsp3) is 0.500. The van der Waals surface area contributed by atoms with Crippen molar-refractivity contribution in [1.82, 2.24) is 14.9 Å². The van der Waals surface area contributed by atoms with Crippen molar-refractivity contribution < 1.29 is 5.11 Å². The molecule has 2 aromatic heterocycles. The van der Waals surface area contributed by atoms with Crippen LogP contribution in [-0.4, -0.2) is 39.6 Å². The molecule has 4 nitrogen and oxygen atoms in total. The molecule has 1 saturated heterocycles. The number of likely N-dealkylation sites (tertiary alicyclic amines) is 1. The average molecular weight is 303 g/mol. The highest BCUT2D eigenvalue weighted by atomic mass is 32.1. The lowest BCUT2D eigenvalue weighted by Gasteiger charge is -2.16. The first kappa shape index (κ1) is 14.6. The van der Waals surface area contributed by atoms with Crippen molar-refractivity contribution in [2.45, 2.75) is 32.3 Å². The van der Waals surface area contributed by atoms with Crippen molar-refractivity contribution in [2.75, 3.05) is 19.6 Å². The number of rotatable bonds is 5. The van der Waals surface area contributed by atoms with E-state index in [1.807, 2.05) is 25.3 Å². The van der Waals surface area contributed by atoms with E-state index in [2.05, 4.69) is 14.9 Å². The molecule has 0 saturated carbocycles. The van der Waals surface area contributed by atoms with E-state index in [9.17, 15) is 5.11 Å². The molecule has 1 N–H and O–H groups in total. The molecule has 1 fully saturated rings. The van der Waals surface area contributed by atoms with E-state index < -0.39 is 6.10 Å². The van der Waals surface area contributed by atoms with Crippen molar-refractivity contribution in [3.05, 3.63) is 35.1 Å². The van der Waals surface area contributed by atoms with E-state index in [-0.39, 0.29) is 0 Å². The van der Waals surface area contributed by atoms with Crippen LogP contribution in [0.5, 0.6) is 0 Å². The van der Waals surface area contributed by atoms with Gasteiger partial charge in [-0.15, -0.1) is 11.3 Å². The molecule has 3 rings (SSSR count). The fourth-order valence-corrected chi connectivity index (χ4v) is 3.85. The molecule has 2 aromatic rings. The molecule has 0 radical (unpaired) electrons. The van der Waals surface area contributed by atoms with Crippen LogP contribution in [-0.2, 0) is 0 Å². The van der Waals surface area contributed by atoms with Crippen LogP contribution < -0.4 is 0 Å². The maximum Gasteiger partial charge on any atom is 0.125 e. The lowest BCUT2D eigenvalue weighted by atomic mass is 10.2. The minimum atomic E-state index is -0.409. The highest BCUT2D eigenvalue weighted by molar-refractivity contribution is 7.15. The van der Waals surface area contributed by atoms with Crippen molar-refractivity contribution in [3.8, 4) is 10.6 Å². The maximum atomic E-state index is 10.5. The van der Waals surface area contributed by atoms with Gasteiger partial charge in [-0.3, -0.25) is 4.98 Å². The van der Waals surface area contributed by atoms with Gasteiger partial charge in [0, 0.05) is 24.5 Å². The van der Waals surface area contributed by atoms with Crippen LogP contribution in [0, 0.1) is 6.92 Å². The predicted molar refractivity (Wildman–Crippen MR) is 85.3 cm³/mol. The van der Waals surface area contributed by atoms with Gasteiger partial charge >= 0.3 is 0 Å². The van der Waals surface area contributed by atoms with Crippen LogP contribution >= 0.6 is 11.3 Å². The SMILES string of the molecule is Cc1nc(-c2cccnc2)sc1C(O)CCN1CCCC1. The van der Waals surface area contributed by atoms with Crippen LogP contribution in [0.25, 0.3) is 10.6 Å². The number of hydrogen-bond acceptors (Lipinski definition) is 5. The third kappa shape index (κ3) is 3.48. The summed E-state index contributed by atoms with van der Waals surface area (Å²) in [5.74, 6) is 0. The molecule has 0 bridgehead atoms. The number of aryl methyl sites for hydroxylation is 1. The Labute approximate surface area is 129 Å². The molecule has 0 aliphatic carbocycles. The summed E-state index contributed by atoms with van der Waals surface area (Å²) in [6, 6.07) is 3.92. The Morgan fingerprint density at radius 3 is 2.90 bits per heavy atom. The quantitative estimate of drug-likeness (QED) is 0.922. The minimum absolute atomic E-state index is 0.409. The van der Waals surface area contributed by atoms with Crippen LogP contribution in [0.3, 0.4) is 0 Å². The molecule has 21 heavy (non-hydrogen) atoms. The number of aliphatic hydroxyl groups excluding tert-OH is 1. The van der Waals surface area contributed by atoms with Gasteiger partial charge in [-0.05, 0) is 51.4 Å². The molecule has 5 heteroatoms. The standard InChI is InChI=1S/C16H21N3OS/c1-12-15(14(20)6-10-19-8-2-3-9-19)21-16(18-12)13-5-4-7-17-11-13/h4-5,7,11,14,20H,2-3,6,8-10H2,1H3. The van der Waals surface area contributed by atoms with E-state index in [0.29, 0.717) is 0 Å². The summed E-state index contributed by atoms with van der Waals surface area (Å²) in [7, 11) is 0. The number of pyridine rings is 1. The molecule has 0 aromatic carbocycles. The highest BCUT2D eigenvalue weighted by Gasteiger charge is 2.19. The first-order chi connectivity index (χ1) is 10.2. The molecule has 112 valence electrons. The first-order valence-electron chi connectivity index (χ1n) is 7.52. The molecule has 1 aliphatic rings. The number of hydrogen-bond donors (Lipinski definition) is 1. The summed E-state index contributed by atoms with van der Waals surface area (Å²) in [5, 5.41) is 11.4. The Kier molecular flexibility index (Phi) is 4.63. The van der Waals surface area contributed by atoms with Gasteiger partial charge < -0.3 is 10.0 Å². The summed E-state index contributed by atoms with van der Waals surface area (Å²) in [6.07, 6.45) is 6.54. The van der Waals surface area contributed by atoms with Gasteiger partial charge in [0.05, 0.1) is 16.7 Å². The highest BCUT2D eigenvalue weighted by Crippen LogP contribution is 2.32. The Balaban J connectivity index is 1.68. The van der Waals surface area contributed by atoms with Crippen LogP contribution in [0.4, 0.5) is 0 Å². The molecule has 1 atom stereocenters. The largest absolute Gasteiger partial charge is 0.387 e. The zero-order valence-corrected chi connectivity index (χ0v) is 13.1. The third-order valence-corrected chi connectivity index (χ3v) is 5.27. The molecule has 1 aliphatic heterocycles. The van der Waals surface area contributed by atoms with Gasteiger partial charge in [0.1, 0.15) is 5.01 Å². The van der Waals surface area contributed by atoms with Crippen LogP contribution in [0.15, 0.2) is 24.5 Å². The normalized spacial score (nSPS) is 17.2. The Bertz CT molecular complexity index is 578. The van der Waals surface area contributed by atoms with Gasteiger partial charge in [0.15, 0.2) is 0 Å². The second-order valence-electron chi connectivity index (χ2n) is 5.56. The van der Waals surface area contributed by atoms with Crippen molar-refractivity contribution in [3.63, 3.8) is 0 Å². The van der Waals surface area contributed by atoms with Crippen molar-refractivity contribution >= 4 is 11.3 Å². The molecular weight excluding hydrogens is 282 g/mol. The van der Waals surface area contributed by atoms with Gasteiger partial charge in [0.25, 0.3) is 0 Å². The summed E-state index contributed by atoms with van der Waals surface area (Å²) in [6.45, 7) is 5.30. The summed E-state index contributed by atoms with van der Waals surface area (Å²) >= 11 is 1.58. The molecule has 0 spiro atoms. The Hall–Kier alpha value is -1.30. The fourth-order valence-electron chi connectivity index (χ4n) is 2.77. The predicted octanol–water partition coefficient (Wildman–Crippen LogP) is 3.03. The number of aromatic nitrogens is 2. The molecule has 3 heterocycles. The summed E-state index contributed by atoms with van der Waals surface area (Å²) in [5.41, 5.74) is 1.95. The van der Waals surface area contributed by atoms with Crippen LogP contribution in [0.2, 0.25) is 0 Å². The van der Waals surface area contributed by atoms with Gasteiger partial charge in [-0.25, -0.2) is 4.98 Å². The lowest BCUT2D eigenvalue weighted by molar-refractivity contribution is 0.151. The lowest BCUT2D eigenvalue weighted by Crippen LogP contribution is -2.22. The van der Waals surface area contributed by atoms with E-state index in [1.54, 1.807) is 17.5 Å². The number of nitrogens with zero attached hydrogens (tertiary/aromatic N) is 3. The van der Waals surface area contributed by atoms with E-state index >= 15 is 0 Å². The average Bonchev–Trinajstić information content (AvgIpc) is 3.15. The van der Waals surface area contributed by atoms with Crippen LogP contribution in [0.1, 0.15) is 35.9 Å². The summed E-state index contributed by atoms with van der Waals surface area (Å²) in [4.78, 5) is 12.1. The van der Waals surface area contributed by atoms with Gasteiger partial charge in [0.2, 0.25) is 0 Å². The summed E-state index contributed by atoms with van der Waals surface area (Å²) < 4.78 is 0. The second kappa shape index (κ2) is 6.64. The number of aliphatic hydroxyl groups is 1. The van der Waals surface area contributed by atoms with E-state index in [0.717, 1.165) is 34.1 Å². The first-order valence-corrected chi connectivity index (χ1v) is 8.34. The maximum absolute atomic E-state index is 10.5. The topological polar surface area (TPSA) is 49.3 Å². The second-order valence-corrected chi connectivity index (χ2v) is 6.59. The molecular formula is C16H21N3OS. The number of thiazole rings is 1. The monoisotopic (exact) mass is 303 g/mol. The molecule has 0 amide bonds. The zero-order chi connectivity index (χ0) is 14.7. The Morgan fingerprint density at radius 1 is 1.38 bits per heavy atom. The van der Waals surface area contributed by atoms with E-state index in [4.69, 9.17) is 0 Å². The van der Waals surface area contributed by atoms with Crippen molar-refractivity contribution in [2.24, 2.45) is 0 Å². The Morgan fingerprint density at radius 2 is 2.19 bits per heavy atom. The van der Waals surface area contributed by atoms with E-state index in [1.165, 1.54) is 25.9 Å². The third-order valence-electron chi connectivity index (χ3n) is 3.96. The molecule has 1 unspecified atom stereocenters.